The third-order valence-electron chi connectivity index (χ3n) is 2.33. The topological polar surface area (TPSA) is 32.3 Å². The molecule has 17 heavy (non-hydrogen) atoms. The third kappa shape index (κ3) is 6.41. The van der Waals surface area contributed by atoms with Crippen LogP contribution in [0.4, 0.5) is 0 Å². The molecule has 0 radical (unpaired) electrons. The first-order valence-corrected chi connectivity index (χ1v) is 6.92. The number of hydrogen-bond acceptors (Lipinski definition) is 3. The molecule has 0 fully saturated rings. The number of rotatable bonds is 6. The quantitative estimate of drug-likeness (QED) is 0.862. The van der Waals surface area contributed by atoms with E-state index in [1.807, 2.05) is 19.5 Å². The lowest BCUT2D eigenvalue weighted by atomic mass is 10.2. The molecule has 0 bridgehead atoms. The normalized spacial score (nSPS) is 9.82. The molecule has 0 spiro atoms. The molecule has 0 unspecified atom stereocenters. The Labute approximate surface area is 121 Å². The van der Waals surface area contributed by atoms with Gasteiger partial charge in [-0.2, -0.15) is 0 Å². The number of carbonyl (C=O) groups is 1. The van der Waals surface area contributed by atoms with Crippen LogP contribution in [-0.2, 0) is 11.2 Å². The molecule has 0 atom stereocenters. The molecule has 98 valence electrons. The van der Waals surface area contributed by atoms with Crippen LogP contribution >= 0.6 is 39.7 Å². The van der Waals surface area contributed by atoms with Crippen LogP contribution in [-0.4, -0.2) is 38.0 Å². The van der Waals surface area contributed by atoms with Crippen LogP contribution in [0, 0.1) is 0 Å². The van der Waals surface area contributed by atoms with E-state index in [0.29, 0.717) is 6.42 Å². The lowest BCUT2D eigenvalue weighted by Crippen LogP contribution is -2.32. The Morgan fingerprint density at radius 3 is 2.82 bits per heavy atom. The number of thiophene rings is 1. The fourth-order valence-corrected chi connectivity index (χ4v) is 2.77. The van der Waals surface area contributed by atoms with Crippen LogP contribution < -0.4 is 5.32 Å². The second-order valence-corrected chi connectivity index (χ2v) is 5.56. The van der Waals surface area contributed by atoms with Gasteiger partial charge in [0.15, 0.2) is 0 Å². The Morgan fingerprint density at radius 1 is 1.59 bits per heavy atom. The maximum atomic E-state index is 11.7. The average molecular weight is 342 g/mol. The highest BCUT2D eigenvalue weighted by Crippen LogP contribution is 2.20. The number of nitrogens with one attached hydrogen (secondary N) is 1. The molecule has 3 nitrogen and oxygen atoms in total. The molecule has 0 aromatic carbocycles. The van der Waals surface area contributed by atoms with E-state index in [1.165, 1.54) is 4.88 Å². The van der Waals surface area contributed by atoms with Crippen molar-refractivity contribution < 1.29 is 4.79 Å². The molecule has 1 aromatic heterocycles. The van der Waals surface area contributed by atoms with Gasteiger partial charge in [0.05, 0.1) is 0 Å². The first kappa shape index (κ1) is 16.9. The summed E-state index contributed by atoms with van der Waals surface area (Å²) in [7, 11) is 3.74. The van der Waals surface area contributed by atoms with Gasteiger partial charge >= 0.3 is 0 Å². The Balaban J connectivity index is 0.00000256. The molecule has 1 aromatic rings. The third-order valence-corrected chi connectivity index (χ3v) is 4.09. The molecule has 1 amide bonds. The number of hydrogen-bond donors (Lipinski definition) is 1. The van der Waals surface area contributed by atoms with E-state index in [1.54, 1.807) is 16.2 Å². The largest absolute Gasteiger partial charge is 0.344 e. The summed E-state index contributed by atoms with van der Waals surface area (Å²) in [5, 5.41) is 5.08. The Kier molecular flexibility index (Phi) is 8.86. The van der Waals surface area contributed by atoms with Crippen LogP contribution in [0.15, 0.2) is 15.9 Å². The highest BCUT2D eigenvalue weighted by molar-refractivity contribution is 9.10. The van der Waals surface area contributed by atoms with Crippen molar-refractivity contribution in [2.24, 2.45) is 0 Å². The van der Waals surface area contributed by atoms with Gasteiger partial charge in [0.2, 0.25) is 5.91 Å². The highest BCUT2D eigenvalue weighted by Gasteiger charge is 2.08. The molecule has 0 saturated heterocycles. The summed E-state index contributed by atoms with van der Waals surface area (Å²) in [4.78, 5) is 14.7. The summed E-state index contributed by atoms with van der Waals surface area (Å²) in [5.74, 6) is 0.208. The van der Waals surface area contributed by atoms with Crippen LogP contribution in [0.3, 0.4) is 0 Å². The van der Waals surface area contributed by atoms with E-state index >= 15 is 0 Å². The van der Waals surface area contributed by atoms with E-state index in [-0.39, 0.29) is 18.3 Å². The second-order valence-electron chi connectivity index (χ2n) is 3.65. The van der Waals surface area contributed by atoms with Crippen molar-refractivity contribution in [3.05, 3.63) is 20.8 Å². The molecule has 0 aliphatic carbocycles. The van der Waals surface area contributed by atoms with Gasteiger partial charge in [-0.05, 0) is 35.5 Å². The van der Waals surface area contributed by atoms with Crippen molar-refractivity contribution in [3.8, 4) is 0 Å². The van der Waals surface area contributed by atoms with Gasteiger partial charge in [0.1, 0.15) is 0 Å². The Morgan fingerprint density at radius 2 is 2.29 bits per heavy atom. The molecule has 1 rings (SSSR count). The maximum absolute atomic E-state index is 11.7. The molecular formula is C11H18BrClN2OS. The zero-order chi connectivity index (χ0) is 12.0. The molecular weight excluding hydrogens is 324 g/mol. The van der Waals surface area contributed by atoms with Crippen molar-refractivity contribution in [2.45, 2.75) is 12.8 Å². The van der Waals surface area contributed by atoms with Crippen LogP contribution in [0.2, 0.25) is 0 Å². The zero-order valence-corrected chi connectivity index (χ0v) is 13.3. The lowest BCUT2D eigenvalue weighted by molar-refractivity contribution is -0.129. The number of likely N-dealkylation sites (N-methyl/N-ethyl adjacent to an activating group) is 2. The van der Waals surface area contributed by atoms with Crippen LogP contribution in [0.1, 0.15) is 11.3 Å². The smallest absolute Gasteiger partial charge is 0.222 e. The van der Waals surface area contributed by atoms with Gasteiger partial charge in [-0.15, -0.1) is 23.7 Å². The SMILES string of the molecule is CNCCN(C)C(=O)CCc1cc(Br)cs1.Cl. The molecule has 0 aliphatic heterocycles. The van der Waals surface area contributed by atoms with E-state index in [4.69, 9.17) is 0 Å². The minimum Gasteiger partial charge on any atom is -0.344 e. The van der Waals surface area contributed by atoms with Crippen LogP contribution in [0.5, 0.6) is 0 Å². The Hall–Kier alpha value is -0.100. The fraction of sp³-hybridized carbons (Fsp3) is 0.545. The summed E-state index contributed by atoms with van der Waals surface area (Å²) >= 11 is 5.10. The standard InChI is InChI=1S/C11H17BrN2OS.ClH/c1-13-5-6-14(2)11(15)4-3-10-7-9(12)8-16-10;/h7-8,13H,3-6H2,1-2H3;1H. The highest BCUT2D eigenvalue weighted by atomic mass is 79.9. The van der Waals surface area contributed by atoms with Crippen molar-refractivity contribution in [3.63, 3.8) is 0 Å². The minimum atomic E-state index is 0. The number of halogens is 2. The van der Waals surface area contributed by atoms with E-state index < -0.39 is 0 Å². The van der Waals surface area contributed by atoms with Gasteiger partial charge in [-0.1, -0.05) is 0 Å². The lowest BCUT2D eigenvalue weighted by Gasteiger charge is -2.16. The molecule has 6 heteroatoms. The maximum Gasteiger partial charge on any atom is 0.222 e. The van der Waals surface area contributed by atoms with Gasteiger partial charge in [0, 0.05) is 41.3 Å². The molecule has 1 N–H and O–H groups in total. The average Bonchev–Trinajstić information content (AvgIpc) is 2.68. The predicted molar refractivity (Wildman–Crippen MR) is 79.2 cm³/mol. The van der Waals surface area contributed by atoms with Crippen molar-refractivity contribution in [1.82, 2.24) is 10.2 Å². The first-order valence-electron chi connectivity index (χ1n) is 5.25. The number of aryl methyl sites for hydroxylation is 1. The second kappa shape index (κ2) is 8.91. The number of amides is 1. The molecule has 0 aliphatic rings. The van der Waals surface area contributed by atoms with Gasteiger partial charge in [-0.25, -0.2) is 0 Å². The van der Waals surface area contributed by atoms with Gasteiger partial charge in [0.25, 0.3) is 0 Å². The summed E-state index contributed by atoms with van der Waals surface area (Å²) in [5.41, 5.74) is 0. The molecule has 0 saturated carbocycles. The number of nitrogens with zero attached hydrogens (tertiary/aromatic N) is 1. The minimum absolute atomic E-state index is 0. The van der Waals surface area contributed by atoms with Gasteiger partial charge in [-0.3, -0.25) is 4.79 Å². The van der Waals surface area contributed by atoms with E-state index in [2.05, 4.69) is 27.3 Å². The first-order chi connectivity index (χ1) is 7.63. The summed E-state index contributed by atoms with van der Waals surface area (Å²) in [6.07, 6.45) is 1.42. The van der Waals surface area contributed by atoms with Gasteiger partial charge < -0.3 is 10.2 Å². The van der Waals surface area contributed by atoms with E-state index in [0.717, 1.165) is 24.0 Å². The predicted octanol–water partition coefficient (Wildman–Crippen LogP) is 2.54. The summed E-state index contributed by atoms with van der Waals surface area (Å²) < 4.78 is 1.10. The monoisotopic (exact) mass is 340 g/mol. The summed E-state index contributed by atoms with van der Waals surface area (Å²) in [6, 6.07) is 2.07. The number of carbonyl (C=O) groups excluding carboxylic acids is 1. The van der Waals surface area contributed by atoms with E-state index in [9.17, 15) is 4.79 Å². The van der Waals surface area contributed by atoms with Crippen molar-refractivity contribution in [1.29, 1.82) is 0 Å². The van der Waals surface area contributed by atoms with Crippen molar-refractivity contribution in [2.75, 3.05) is 27.2 Å². The Bertz CT molecular complexity index is 346. The fourth-order valence-electron chi connectivity index (χ4n) is 1.31. The zero-order valence-electron chi connectivity index (χ0n) is 10.0. The van der Waals surface area contributed by atoms with Crippen LogP contribution in [0.25, 0.3) is 0 Å². The van der Waals surface area contributed by atoms with Crippen molar-refractivity contribution >= 4 is 45.6 Å². The summed E-state index contributed by atoms with van der Waals surface area (Å²) in [6.45, 7) is 1.61. The molecule has 1 heterocycles.